The summed E-state index contributed by atoms with van der Waals surface area (Å²) >= 11 is 9.38. The van der Waals surface area contributed by atoms with E-state index in [0.29, 0.717) is 0 Å². The second-order valence-corrected chi connectivity index (χ2v) is 20.1. The maximum Gasteiger partial charge on any atom is 0.139 e. The van der Waals surface area contributed by atoms with Crippen molar-refractivity contribution in [3.8, 4) is 11.4 Å². The minimum Gasteiger partial charge on any atom is -0.255 e. The lowest BCUT2D eigenvalue weighted by Gasteiger charge is -2.16. The van der Waals surface area contributed by atoms with Crippen LogP contribution in [0.5, 0.6) is 0 Å². The molecule has 0 fully saturated rings. The highest BCUT2D eigenvalue weighted by atomic mass is 32.3. The Morgan fingerprint density at radius 1 is 0.700 bits per heavy atom. The van der Waals surface area contributed by atoms with Crippen LogP contribution in [0.4, 0.5) is 0 Å². The first-order chi connectivity index (χ1) is 9.18. The van der Waals surface area contributed by atoms with E-state index in [1.165, 1.54) is 10.4 Å². The molecular weight excluding hydrogens is 316 g/mol. The maximum atomic E-state index is 4.69. The zero-order chi connectivity index (χ0) is 15.0. The lowest BCUT2D eigenvalue weighted by atomic mass is 10.2. The zero-order valence-electron chi connectivity index (χ0n) is 12.3. The maximum absolute atomic E-state index is 4.69. The molecule has 0 aromatic carbocycles. The first-order valence-electron chi connectivity index (χ1n) is 6.56. The van der Waals surface area contributed by atoms with Gasteiger partial charge in [0, 0.05) is 12.4 Å². The second-order valence-electron chi connectivity index (χ2n) is 5.98. The second kappa shape index (κ2) is 5.67. The number of aromatic nitrogens is 2. The third-order valence-corrected chi connectivity index (χ3v) is 8.17. The van der Waals surface area contributed by atoms with Crippen molar-refractivity contribution in [1.82, 2.24) is 9.97 Å². The minimum absolute atomic E-state index is 0.908. The van der Waals surface area contributed by atoms with Crippen LogP contribution in [-0.4, -0.2) is 24.4 Å². The van der Waals surface area contributed by atoms with Crippen molar-refractivity contribution in [1.29, 1.82) is 0 Å². The van der Waals surface area contributed by atoms with E-state index >= 15 is 0 Å². The van der Waals surface area contributed by atoms with Gasteiger partial charge in [0.05, 0.1) is 11.4 Å². The Morgan fingerprint density at radius 3 is 1.25 bits per heavy atom. The van der Waals surface area contributed by atoms with Gasteiger partial charge in [-0.1, -0.05) is 38.3 Å². The Balaban J connectivity index is 2.29. The number of hydrogen-bond donors (Lipinski definition) is 2. The van der Waals surface area contributed by atoms with Crippen LogP contribution in [0.15, 0.2) is 36.7 Å². The molecule has 2 aromatic heterocycles. The van der Waals surface area contributed by atoms with Gasteiger partial charge in [-0.15, -0.1) is 0 Å². The summed E-state index contributed by atoms with van der Waals surface area (Å²) in [5.41, 5.74) is 1.82. The number of nitrogens with zero attached hydrogens (tertiary/aromatic N) is 2. The van der Waals surface area contributed by atoms with Crippen LogP contribution in [0.2, 0.25) is 26.2 Å². The molecule has 0 N–H and O–H groups in total. The highest BCUT2D eigenvalue weighted by Gasteiger charge is 2.19. The fourth-order valence-electron chi connectivity index (χ4n) is 1.81. The topological polar surface area (TPSA) is 25.8 Å². The van der Waals surface area contributed by atoms with Crippen molar-refractivity contribution in [2.24, 2.45) is 0 Å². The molecule has 0 aliphatic rings. The van der Waals surface area contributed by atoms with E-state index in [1.54, 1.807) is 0 Å². The summed E-state index contributed by atoms with van der Waals surface area (Å²) in [4.78, 5) is 9.05. The van der Waals surface area contributed by atoms with E-state index in [4.69, 9.17) is 24.2 Å². The molecule has 0 bridgehead atoms. The number of pyridine rings is 2. The highest BCUT2D eigenvalue weighted by Crippen LogP contribution is 2.15. The monoisotopic (exact) mass is 336 g/mol. The van der Waals surface area contributed by atoms with E-state index in [0.717, 1.165) is 11.4 Å². The first-order valence-corrected chi connectivity index (χ1v) is 15.1. The van der Waals surface area contributed by atoms with E-state index in [1.807, 2.05) is 24.5 Å². The Hall–Kier alpha value is -0.566. The standard InChI is InChI=1S/C14H20N2S2Si2/c1-19(2,17)11-5-7-13(15-9-11)14-8-6-12(10-16-14)20(3,4)18/h5-10,17-18H,1-4H3. The van der Waals surface area contributed by atoms with E-state index in [-0.39, 0.29) is 0 Å². The molecule has 106 valence electrons. The fourth-order valence-corrected chi connectivity index (χ4v) is 4.35. The van der Waals surface area contributed by atoms with Crippen molar-refractivity contribution in [3.05, 3.63) is 36.7 Å². The smallest absolute Gasteiger partial charge is 0.139 e. The zero-order valence-corrected chi connectivity index (χ0v) is 16.0. The molecule has 2 aromatic rings. The quantitative estimate of drug-likeness (QED) is 0.666. The molecule has 0 aliphatic heterocycles. The Labute approximate surface area is 133 Å². The van der Waals surface area contributed by atoms with Gasteiger partial charge in [-0.25, -0.2) is 0 Å². The summed E-state index contributed by atoms with van der Waals surface area (Å²) in [5.74, 6) is 0. The minimum atomic E-state index is -1.58. The molecular formula is C14H20N2S2Si2. The van der Waals surface area contributed by atoms with E-state index in [9.17, 15) is 0 Å². The van der Waals surface area contributed by atoms with Gasteiger partial charge < -0.3 is 0 Å². The number of hydrogen-bond acceptors (Lipinski definition) is 4. The summed E-state index contributed by atoms with van der Waals surface area (Å²) in [7, 11) is -3.17. The molecule has 0 radical (unpaired) electrons. The van der Waals surface area contributed by atoms with Crippen LogP contribution < -0.4 is 10.4 Å². The molecule has 2 nitrogen and oxygen atoms in total. The van der Waals surface area contributed by atoms with Crippen molar-refractivity contribution in [2.45, 2.75) is 26.2 Å². The predicted octanol–water partition coefficient (Wildman–Crippen LogP) is 2.83. The molecule has 0 saturated heterocycles. The Kier molecular flexibility index (Phi) is 4.48. The molecule has 0 aliphatic carbocycles. The van der Waals surface area contributed by atoms with Gasteiger partial charge in [0.15, 0.2) is 0 Å². The summed E-state index contributed by atoms with van der Waals surface area (Å²) in [6.45, 7) is 8.77. The van der Waals surface area contributed by atoms with Crippen LogP contribution in [-0.2, 0) is 0 Å². The predicted molar refractivity (Wildman–Crippen MR) is 99.7 cm³/mol. The highest BCUT2D eigenvalue weighted by molar-refractivity contribution is 8.16. The summed E-state index contributed by atoms with van der Waals surface area (Å²) in [5, 5.41) is 2.48. The molecule has 0 unspecified atom stereocenters. The molecule has 20 heavy (non-hydrogen) atoms. The largest absolute Gasteiger partial charge is 0.255 e. The first kappa shape index (κ1) is 15.8. The van der Waals surface area contributed by atoms with Crippen molar-refractivity contribution in [3.63, 3.8) is 0 Å². The van der Waals surface area contributed by atoms with E-state index in [2.05, 4.69) is 48.3 Å². The summed E-state index contributed by atoms with van der Waals surface area (Å²) in [6, 6.07) is 8.31. The molecule has 2 heterocycles. The molecule has 0 amide bonds. The third kappa shape index (κ3) is 3.75. The Bertz CT molecular complexity index is 529. The van der Waals surface area contributed by atoms with Crippen LogP contribution in [0.25, 0.3) is 11.4 Å². The summed E-state index contributed by atoms with van der Waals surface area (Å²) < 4.78 is 0. The van der Waals surface area contributed by atoms with Gasteiger partial charge in [-0.2, -0.15) is 24.2 Å². The van der Waals surface area contributed by atoms with Crippen molar-refractivity contribution < 1.29 is 0 Å². The van der Waals surface area contributed by atoms with Gasteiger partial charge >= 0.3 is 0 Å². The summed E-state index contributed by atoms with van der Waals surface area (Å²) in [6.07, 6.45) is 3.86. The van der Waals surface area contributed by atoms with Gasteiger partial charge in [0.2, 0.25) is 0 Å². The molecule has 0 saturated carbocycles. The van der Waals surface area contributed by atoms with Gasteiger partial charge in [0.25, 0.3) is 0 Å². The van der Waals surface area contributed by atoms with Crippen molar-refractivity contribution >= 4 is 49.0 Å². The van der Waals surface area contributed by atoms with Crippen molar-refractivity contribution in [2.75, 3.05) is 0 Å². The SMILES string of the molecule is C[Si](C)(S)c1ccc(-c2ccc([Si](C)(C)S)cn2)nc1. The molecule has 2 rings (SSSR count). The Morgan fingerprint density at radius 2 is 1.05 bits per heavy atom. The molecule has 6 heteroatoms. The van der Waals surface area contributed by atoms with Gasteiger partial charge in [-0.3, -0.25) is 9.97 Å². The normalized spacial score (nSPS) is 12.5. The van der Waals surface area contributed by atoms with Crippen LogP contribution in [0.3, 0.4) is 0 Å². The lowest BCUT2D eigenvalue weighted by molar-refractivity contribution is 1.26. The molecule has 0 atom stereocenters. The third-order valence-electron chi connectivity index (χ3n) is 3.20. The van der Waals surface area contributed by atoms with Crippen LogP contribution in [0.1, 0.15) is 0 Å². The van der Waals surface area contributed by atoms with Crippen LogP contribution >= 0.6 is 24.2 Å². The van der Waals surface area contributed by atoms with Gasteiger partial charge in [0.1, 0.15) is 14.4 Å². The van der Waals surface area contributed by atoms with Crippen LogP contribution in [0, 0.1) is 0 Å². The number of thiol groups is 2. The number of rotatable bonds is 3. The van der Waals surface area contributed by atoms with Gasteiger partial charge in [-0.05, 0) is 22.5 Å². The average Bonchev–Trinajstić information content (AvgIpc) is 2.37. The lowest BCUT2D eigenvalue weighted by Crippen LogP contribution is -2.35. The molecule has 0 spiro atoms. The fraction of sp³-hybridized carbons (Fsp3) is 0.286. The average molecular weight is 337 g/mol. The van der Waals surface area contributed by atoms with E-state index < -0.39 is 14.4 Å².